The van der Waals surface area contributed by atoms with Crippen molar-refractivity contribution in [2.24, 2.45) is 0 Å². The van der Waals surface area contributed by atoms with Crippen LogP contribution in [0.5, 0.6) is 0 Å². The predicted octanol–water partition coefficient (Wildman–Crippen LogP) is 0.277. The maximum absolute atomic E-state index is 15.6. The smallest absolute Gasteiger partial charge is 0.394 e. The van der Waals surface area contributed by atoms with E-state index < -0.39 is 171 Å². The number of hydrogen-bond acceptors (Lipinski definition) is 43. The highest BCUT2D eigenvalue weighted by molar-refractivity contribution is 7.48. The van der Waals surface area contributed by atoms with Crippen LogP contribution in [0, 0.1) is 0 Å². The first-order chi connectivity index (χ1) is 56.3. The molecule has 640 valence electrons. The number of hydrogen-bond donors (Lipinski definition) is 9. The molecule has 0 saturated carbocycles. The van der Waals surface area contributed by atoms with Gasteiger partial charge in [-0.2, -0.15) is 0 Å². The highest BCUT2D eigenvalue weighted by Crippen LogP contribution is 2.57. The van der Waals surface area contributed by atoms with Crippen LogP contribution in [0.2, 0.25) is 0 Å². The Hall–Kier alpha value is -6.99. The molecular weight excluding hydrogens is 1620 g/mol. The number of nitrogens with zero attached hydrogens (tertiary/aromatic N) is 16. The monoisotopic (exact) mass is 1710 g/mol. The molecule has 117 heavy (non-hydrogen) atoms. The van der Waals surface area contributed by atoms with Gasteiger partial charge in [0.1, 0.15) is 121 Å². The van der Waals surface area contributed by atoms with Gasteiger partial charge in [-0.15, -0.1) is 0 Å². The van der Waals surface area contributed by atoms with Gasteiger partial charge in [-0.1, -0.05) is 0 Å². The number of methoxy groups -OCH3 is 4. The molecule has 0 aromatic carbocycles. The van der Waals surface area contributed by atoms with E-state index in [1.807, 2.05) is 0 Å². The molecule has 50 nitrogen and oxygen atoms in total. The van der Waals surface area contributed by atoms with E-state index >= 15 is 13.7 Å². The summed E-state index contributed by atoms with van der Waals surface area (Å²) >= 11 is 0. The van der Waals surface area contributed by atoms with E-state index in [2.05, 4.69) is 59.8 Å². The lowest BCUT2D eigenvalue weighted by Gasteiger charge is -2.40. The molecule has 53 heteroatoms. The fraction of sp³-hybridized carbons (Fsp3) is 0.688. The fourth-order valence-electron chi connectivity index (χ4n) is 15.7. The third-order valence-electron chi connectivity index (χ3n) is 21.9. The Morgan fingerprint density at radius 2 is 0.624 bits per heavy atom. The van der Waals surface area contributed by atoms with E-state index in [1.165, 1.54) is 84.7 Å². The van der Waals surface area contributed by atoms with E-state index in [9.17, 15) is 24.9 Å². The van der Waals surface area contributed by atoms with Crippen LogP contribution in [-0.2, 0) is 117 Å². The molecule has 0 spiro atoms. The first kappa shape index (κ1) is 83.7. The summed E-state index contributed by atoms with van der Waals surface area (Å²) in [7, 11) is -11.5. The average Bonchev–Trinajstić information content (AvgIpc) is 1.61. The number of aliphatic hydroxyl groups is 2. The molecule has 19 atom stereocenters. The molecule has 8 aliphatic rings. The van der Waals surface area contributed by atoms with Crippen LogP contribution < -0.4 is 22.9 Å². The normalized spacial score (nSPS) is 31.5. The minimum absolute atomic E-state index is 0.0143. The molecule has 16 rings (SSSR count). The number of phosphoric ester groups is 3. The summed E-state index contributed by atoms with van der Waals surface area (Å²) in [5.41, 5.74) is 25.9. The largest absolute Gasteiger partial charge is 0.472 e. The Morgan fingerprint density at radius 3 is 0.906 bits per heavy atom. The van der Waals surface area contributed by atoms with Crippen molar-refractivity contribution >= 4 is 91.4 Å². The Bertz CT molecular complexity index is 4940. The Labute approximate surface area is 662 Å². The summed E-state index contributed by atoms with van der Waals surface area (Å²) in [5.74, 6) is -5.96. The van der Waals surface area contributed by atoms with Crippen molar-refractivity contribution in [2.75, 3.05) is 131 Å². The molecule has 8 aromatic rings. The molecule has 16 heterocycles. The topological polar surface area (TPSA) is 634 Å². The van der Waals surface area contributed by atoms with Crippen LogP contribution in [0.15, 0.2) is 50.6 Å². The van der Waals surface area contributed by atoms with Gasteiger partial charge in [0.05, 0.1) is 105 Å². The van der Waals surface area contributed by atoms with E-state index in [0.717, 1.165) is 12.7 Å². The summed E-state index contributed by atoms with van der Waals surface area (Å²) in [6.45, 7) is -2.73. The number of fused-ring (bicyclic) bond motifs is 4. The Morgan fingerprint density at radius 1 is 0.376 bits per heavy atom. The summed E-state index contributed by atoms with van der Waals surface area (Å²) < 4.78 is 188. The van der Waals surface area contributed by atoms with Crippen LogP contribution >= 0.6 is 23.5 Å². The van der Waals surface area contributed by atoms with Gasteiger partial charge in [0.2, 0.25) is 0 Å². The standard InChI is InChI=1S/C64H89N20O30P3/c1-93-61(5-13-97-14-6-61)108-45-41(86)34(105-57(45)81-29-77-37-49(65)69-25-73-53(37)81)22-101-115(87,88)113-43-36(107-59(47(43)110-63(95-3)9-17-99-18-10-63)83-31-79-39-51(67)71-27-75-55(39)83)24-103-117(91,92)114-44-35(106-60(48(44)111-64(96-4)11-19-100-20-12-64)84-32-80-40-52(68)72-28-76-56(40)84)23-102-116(89,90)112-42-33(21-85)104-58(46(42)109-62(94-2)7-15-98-16-8-62)82-30-78-38-50(66)70-26-74-54(38)82/h25-36,41-48,57-60,85-86H,5-24H2,1-4H3,(H,87,88)(H,89,90)(H,91,92)(H2,65,69,73)(H2,66,70,74)(H2,67,71,75)(H2,68,72,76)/t33-,34-,35-,36-,41-,42-,43-,44-,45-,46-,47-,48-,57-,58-,59-,60-/m1/s1. The first-order valence-electron chi connectivity index (χ1n) is 37.2. The van der Waals surface area contributed by atoms with Crippen molar-refractivity contribution in [2.45, 2.75) is 173 Å². The van der Waals surface area contributed by atoms with Gasteiger partial charge in [0.25, 0.3) is 0 Å². The molecule has 0 aliphatic carbocycles. The minimum atomic E-state index is -5.83. The minimum Gasteiger partial charge on any atom is -0.394 e. The lowest BCUT2D eigenvalue weighted by Crippen LogP contribution is -2.49. The second-order valence-electron chi connectivity index (χ2n) is 28.5. The van der Waals surface area contributed by atoms with Gasteiger partial charge < -0.3 is 124 Å². The number of rotatable bonds is 32. The van der Waals surface area contributed by atoms with E-state index in [4.69, 9.17) is 126 Å². The molecular formula is C64H89N20O30P3. The zero-order valence-corrected chi connectivity index (χ0v) is 65.9. The van der Waals surface area contributed by atoms with Crippen LogP contribution in [0.25, 0.3) is 44.7 Å². The summed E-state index contributed by atoms with van der Waals surface area (Å²) in [6.07, 6.45) is -14.9. The van der Waals surface area contributed by atoms with Crippen LogP contribution in [0.4, 0.5) is 23.3 Å². The maximum atomic E-state index is 15.6. The number of aliphatic hydroxyl groups excluding tert-OH is 2. The van der Waals surface area contributed by atoms with Crippen molar-refractivity contribution in [1.82, 2.24) is 78.1 Å². The second-order valence-corrected chi connectivity index (χ2v) is 32.7. The average molecular weight is 1710 g/mol. The number of ether oxygens (including phenoxy) is 16. The third kappa shape index (κ3) is 16.9. The molecule has 0 bridgehead atoms. The van der Waals surface area contributed by atoms with Crippen LogP contribution in [0.3, 0.4) is 0 Å². The fourth-order valence-corrected chi connectivity index (χ4v) is 18.5. The van der Waals surface area contributed by atoms with Crippen molar-refractivity contribution in [1.29, 1.82) is 0 Å². The number of nitrogens with two attached hydrogens (primary N) is 4. The Kier molecular flexibility index (Phi) is 24.4. The van der Waals surface area contributed by atoms with Gasteiger partial charge in [0, 0.05) is 79.8 Å². The number of anilines is 4. The van der Waals surface area contributed by atoms with Crippen LogP contribution in [0.1, 0.15) is 76.3 Å². The van der Waals surface area contributed by atoms with Crippen molar-refractivity contribution in [3.63, 3.8) is 0 Å². The molecule has 13 N–H and O–H groups in total. The van der Waals surface area contributed by atoms with Crippen molar-refractivity contribution in [3.05, 3.63) is 50.6 Å². The summed E-state index contributed by atoms with van der Waals surface area (Å²) in [5, 5.41) is 23.3. The number of aromatic nitrogens is 16. The summed E-state index contributed by atoms with van der Waals surface area (Å²) in [6, 6.07) is 0. The van der Waals surface area contributed by atoms with Gasteiger partial charge in [0.15, 0.2) is 93.9 Å². The number of imidazole rings is 4. The number of phosphoric acid groups is 3. The highest BCUT2D eigenvalue weighted by atomic mass is 31.2. The molecule has 8 saturated heterocycles. The lowest BCUT2D eigenvalue weighted by molar-refractivity contribution is -0.293. The maximum Gasteiger partial charge on any atom is 0.472 e. The lowest BCUT2D eigenvalue weighted by atomic mass is 10.1. The zero-order valence-electron chi connectivity index (χ0n) is 63.2. The molecule has 0 radical (unpaired) electrons. The first-order valence-corrected chi connectivity index (χ1v) is 41.6. The predicted molar refractivity (Wildman–Crippen MR) is 388 cm³/mol. The van der Waals surface area contributed by atoms with Gasteiger partial charge in [-0.3, -0.25) is 45.4 Å². The number of nitrogen functional groups attached to an aromatic ring is 4. The molecule has 0 amide bonds. The molecule has 8 fully saturated rings. The van der Waals surface area contributed by atoms with E-state index in [-0.39, 0.29) is 172 Å². The zero-order chi connectivity index (χ0) is 81.8. The van der Waals surface area contributed by atoms with Crippen LogP contribution in [-0.4, -0.2) is 307 Å². The van der Waals surface area contributed by atoms with E-state index in [1.54, 1.807) is 0 Å². The van der Waals surface area contributed by atoms with Gasteiger partial charge >= 0.3 is 23.5 Å². The molecule has 3 unspecified atom stereocenters. The van der Waals surface area contributed by atoms with Crippen molar-refractivity contribution in [3.8, 4) is 0 Å². The van der Waals surface area contributed by atoms with E-state index in [0.29, 0.717) is 0 Å². The highest BCUT2D eigenvalue weighted by Gasteiger charge is 2.60. The quantitative estimate of drug-likeness (QED) is 0.0202. The second kappa shape index (κ2) is 34.1. The van der Waals surface area contributed by atoms with Crippen molar-refractivity contribution < 1.29 is 142 Å². The van der Waals surface area contributed by atoms with Gasteiger partial charge in [-0.05, 0) is 0 Å². The molecule has 8 aromatic heterocycles. The Balaban J connectivity index is 0.724. The third-order valence-corrected chi connectivity index (χ3v) is 24.8. The molecule has 8 aliphatic heterocycles. The van der Waals surface area contributed by atoms with Gasteiger partial charge in [-0.25, -0.2) is 73.5 Å². The SMILES string of the molecule is COC1(O[C@@H]2[C@H](O)[C@@H](COP(=O)(O)O[C@H]3[C@@H](OC4(OC)CCOCC4)[C@H](n4cnc5c(N)ncnc54)O[C@@H]3COP(=O)(O)O[C@H]3[C@@H](OC4(OC)CCOCC4)[C@H](n4cnc5c(N)ncnc54)O[C@@H]3COP(=O)(O)O[C@H]3[C@@H](OC4(OC)CCOCC4)[C@H](n4cnc5c(N)ncnc54)O[C@@H]3CO)O[C@H]2n2cnc3c(N)ncnc32)CCOCC1. The summed E-state index contributed by atoms with van der Waals surface area (Å²) in [4.78, 5) is 88.5.